The monoisotopic (exact) mass is 305 g/mol. The Morgan fingerprint density at radius 3 is 2.43 bits per heavy atom. The second kappa shape index (κ2) is 7.07. The second-order valence-corrected chi connectivity index (χ2v) is 5.37. The van der Waals surface area contributed by atoms with E-state index in [-0.39, 0.29) is 12.0 Å². The van der Waals surface area contributed by atoms with Gasteiger partial charge in [0, 0.05) is 19.2 Å². The smallest absolute Gasteiger partial charge is 0.252 e. The molecule has 1 N–H and O–H groups in total. The lowest BCUT2D eigenvalue weighted by Crippen LogP contribution is -2.29. The maximum absolute atomic E-state index is 12.5. The van der Waals surface area contributed by atoms with Gasteiger partial charge in [-0.1, -0.05) is 66.7 Å². The molecule has 3 rings (SSSR count). The highest BCUT2D eigenvalue weighted by molar-refractivity contribution is 6.07. The molecular formula is C20H19NO2. The maximum atomic E-state index is 12.5. The van der Waals surface area contributed by atoms with Gasteiger partial charge in [-0.05, 0) is 22.4 Å². The molecule has 0 fully saturated rings. The number of rotatable bonds is 5. The fraction of sp³-hybridized carbons (Fsp3) is 0.150. The van der Waals surface area contributed by atoms with Crippen LogP contribution in [0.4, 0.5) is 0 Å². The molecule has 0 heterocycles. The number of hydrogen-bond donors (Lipinski definition) is 1. The van der Waals surface area contributed by atoms with E-state index >= 15 is 0 Å². The fourth-order valence-electron chi connectivity index (χ4n) is 2.71. The molecule has 0 saturated carbocycles. The van der Waals surface area contributed by atoms with Crippen molar-refractivity contribution in [2.45, 2.75) is 6.10 Å². The van der Waals surface area contributed by atoms with Crippen molar-refractivity contribution in [1.29, 1.82) is 0 Å². The van der Waals surface area contributed by atoms with Crippen LogP contribution in [0.5, 0.6) is 0 Å². The number of benzene rings is 3. The molecule has 1 atom stereocenters. The highest BCUT2D eigenvalue weighted by atomic mass is 16.5. The highest BCUT2D eigenvalue weighted by Crippen LogP contribution is 2.19. The molecule has 116 valence electrons. The summed E-state index contributed by atoms with van der Waals surface area (Å²) in [5, 5.41) is 5.00. The number of carbonyl (C=O) groups is 1. The van der Waals surface area contributed by atoms with Crippen LogP contribution in [-0.2, 0) is 4.74 Å². The van der Waals surface area contributed by atoms with E-state index in [0.717, 1.165) is 16.3 Å². The van der Waals surface area contributed by atoms with Crippen LogP contribution in [0, 0.1) is 0 Å². The molecule has 0 aliphatic rings. The van der Waals surface area contributed by atoms with Gasteiger partial charge in [0.15, 0.2) is 0 Å². The molecule has 1 unspecified atom stereocenters. The molecule has 0 bridgehead atoms. The summed E-state index contributed by atoms with van der Waals surface area (Å²) in [6.07, 6.45) is -0.157. The average Bonchev–Trinajstić information content (AvgIpc) is 2.62. The summed E-state index contributed by atoms with van der Waals surface area (Å²) in [6, 6.07) is 23.5. The van der Waals surface area contributed by atoms with Crippen LogP contribution < -0.4 is 5.32 Å². The first-order valence-corrected chi connectivity index (χ1v) is 7.63. The topological polar surface area (TPSA) is 38.3 Å². The Morgan fingerprint density at radius 1 is 0.957 bits per heavy atom. The summed E-state index contributed by atoms with van der Waals surface area (Å²) >= 11 is 0. The van der Waals surface area contributed by atoms with E-state index in [1.165, 1.54) is 0 Å². The van der Waals surface area contributed by atoms with Crippen LogP contribution in [0.15, 0.2) is 72.8 Å². The van der Waals surface area contributed by atoms with Gasteiger partial charge in [-0.3, -0.25) is 4.79 Å². The van der Waals surface area contributed by atoms with E-state index in [1.54, 1.807) is 7.11 Å². The van der Waals surface area contributed by atoms with Crippen molar-refractivity contribution in [3.05, 3.63) is 83.9 Å². The molecule has 3 aromatic carbocycles. The Bertz CT molecular complexity index is 794. The van der Waals surface area contributed by atoms with E-state index in [0.29, 0.717) is 12.1 Å². The van der Waals surface area contributed by atoms with Crippen molar-refractivity contribution in [2.24, 2.45) is 0 Å². The van der Waals surface area contributed by atoms with E-state index in [4.69, 9.17) is 4.74 Å². The number of ether oxygens (including phenoxy) is 1. The Balaban J connectivity index is 1.76. The first-order valence-electron chi connectivity index (χ1n) is 7.63. The zero-order valence-corrected chi connectivity index (χ0v) is 13.0. The summed E-state index contributed by atoms with van der Waals surface area (Å²) in [4.78, 5) is 12.5. The molecule has 0 aliphatic heterocycles. The van der Waals surface area contributed by atoms with Gasteiger partial charge in [0.2, 0.25) is 0 Å². The SMILES string of the molecule is COC(CNC(=O)c1cccc2ccccc12)c1ccccc1. The lowest BCUT2D eigenvalue weighted by atomic mass is 10.0. The van der Waals surface area contributed by atoms with Crippen molar-refractivity contribution >= 4 is 16.7 Å². The lowest BCUT2D eigenvalue weighted by Gasteiger charge is -2.17. The normalized spacial score (nSPS) is 12.0. The van der Waals surface area contributed by atoms with Gasteiger partial charge >= 0.3 is 0 Å². The molecule has 0 saturated heterocycles. The van der Waals surface area contributed by atoms with Crippen molar-refractivity contribution < 1.29 is 9.53 Å². The van der Waals surface area contributed by atoms with Crippen LogP contribution in [0.1, 0.15) is 22.0 Å². The molecule has 1 amide bonds. The van der Waals surface area contributed by atoms with Crippen LogP contribution in [-0.4, -0.2) is 19.6 Å². The molecule has 0 aromatic heterocycles. The number of nitrogens with one attached hydrogen (secondary N) is 1. The molecule has 23 heavy (non-hydrogen) atoms. The number of fused-ring (bicyclic) bond motifs is 1. The van der Waals surface area contributed by atoms with E-state index < -0.39 is 0 Å². The minimum Gasteiger partial charge on any atom is -0.375 e. The summed E-state index contributed by atoms with van der Waals surface area (Å²) in [5.74, 6) is -0.0835. The second-order valence-electron chi connectivity index (χ2n) is 5.37. The zero-order valence-electron chi connectivity index (χ0n) is 13.0. The third-order valence-electron chi connectivity index (χ3n) is 3.94. The van der Waals surface area contributed by atoms with Crippen LogP contribution in [0.25, 0.3) is 10.8 Å². The molecule has 3 nitrogen and oxygen atoms in total. The highest BCUT2D eigenvalue weighted by Gasteiger charge is 2.14. The van der Waals surface area contributed by atoms with Crippen molar-refractivity contribution in [3.63, 3.8) is 0 Å². The zero-order chi connectivity index (χ0) is 16.1. The minimum atomic E-state index is -0.157. The Kier molecular flexibility index (Phi) is 4.69. The van der Waals surface area contributed by atoms with Gasteiger partial charge in [0.25, 0.3) is 5.91 Å². The predicted octanol–water partition coefficient (Wildman–Crippen LogP) is 3.96. The first-order chi connectivity index (χ1) is 11.3. The van der Waals surface area contributed by atoms with Gasteiger partial charge in [-0.15, -0.1) is 0 Å². The molecule has 3 heteroatoms. The summed E-state index contributed by atoms with van der Waals surface area (Å²) in [6.45, 7) is 0.433. The summed E-state index contributed by atoms with van der Waals surface area (Å²) in [7, 11) is 1.65. The quantitative estimate of drug-likeness (QED) is 0.775. The largest absolute Gasteiger partial charge is 0.375 e. The average molecular weight is 305 g/mol. The Labute approximate surface area is 135 Å². The van der Waals surface area contributed by atoms with Crippen LogP contribution in [0.3, 0.4) is 0 Å². The maximum Gasteiger partial charge on any atom is 0.252 e. The third-order valence-corrected chi connectivity index (χ3v) is 3.94. The molecule has 3 aromatic rings. The van der Waals surface area contributed by atoms with E-state index in [2.05, 4.69) is 5.32 Å². The molecule has 0 aliphatic carbocycles. The Morgan fingerprint density at radius 2 is 1.65 bits per heavy atom. The molecular weight excluding hydrogens is 286 g/mol. The predicted molar refractivity (Wildman–Crippen MR) is 92.5 cm³/mol. The summed E-state index contributed by atoms with van der Waals surface area (Å²) < 4.78 is 5.50. The standard InChI is InChI=1S/C20H19NO2/c1-23-19(16-9-3-2-4-10-16)14-21-20(22)18-13-7-11-15-8-5-6-12-17(15)18/h2-13,19H,14H2,1H3,(H,21,22). The van der Waals surface area contributed by atoms with Crippen molar-refractivity contribution in [2.75, 3.05) is 13.7 Å². The minimum absolute atomic E-state index is 0.0835. The third kappa shape index (κ3) is 3.41. The van der Waals surface area contributed by atoms with E-state index in [9.17, 15) is 4.79 Å². The first kappa shape index (κ1) is 15.3. The molecule has 0 radical (unpaired) electrons. The van der Waals surface area contributed by atoms with Gasteiger partial charge in [-0.2, -0.15) is 0 Å². The van der Waals surface area contributed by atoms with Gasteiger partial charge in [0.05, 0.1) is 6.10 Å². The number of methoxy groups -OCH3 is 1. The number of carbonyl (C=O) groups excluding carboxylic acids is 1. The number of hydrogen-bond acceptors (Lipinski definition) is 2. The van der Waals surface area contributed by atoms with Crippen molar-refractivity contribution in [3.8, 4) is 0 Å². The fourth-order valence-corrected chi connectivity index (χ4v) is 2.71. The van der Waals surface area contributed by atoms with Gasteiger partial charge < -0.3 is 10.1 Å². The van der Waals surface area contributed by atoms with Gasteiger partial charge in [-0.25, -0.2) is 0 Å². The van der Waals surface area contributed by atoms with Crippen molar-refractivity contribution in [1.82, 2.24) is 5.32 Å². The lowest BCUT2D eigenvalue weighted by molar-refractivity contribution is 0.0829. The summed E-state index contributed by atoms with van der Waals surface area (Å²) in [5.41, 5.74) is 1.74. The Hall–Kier alpha value is -2.65. The van der Waals surface area contributed by atoms with Crippen LogP contribution >= 0.6 is 0 Å². The van der Waals surface area contributed by atoms with E-state index in [1.807, 2.05) is 72.8 Å². The van der Waals surface area contributed by atoms with Gasteiger partial charge in [0.1, 0.15) is 0 Å². The van der Waals surface area contributed by atoms with Crippen LogP contribution in [0.2, 0.25) is 0 Å². The molecule has 0 spiro atoms. The number of amides is 1.